The molecule has 15 heavy (non-hydrogen) atoms. The predicted molar refractivity (Wildman–Crippen MR) is 58.6 cm³/mol. The molecule has 0 unspecified atom stereocenters. The normalized spacial score (nSPS) is 10.5. The van der Waals surface area contributed by atoms with Crippen molar-refractivity contribution in [2.45, 2.75) is 6.54 Å². The van der Waals surface area contributed by atoms with Gasteiger partial charge in [0.05, 0.1) is 6.54 Å². The second-order valence-corrected chi connectivity index (χ2v) is 4.63. The van der Waals surface area contributed by atoms with Gasteiger partial charge < -0.3 is 9.67 Å². The molecule has 4 nitrogen and oxygen atoms in total. The topological polar surface area (TPSA) is 55.1 Å². The van der Waals surface area contributed by atoms with Crippen LogP contribution >= 0.6 is 22.9 Å². The van der Waals surface area contributed by atoms with Gasteiger partial charge in [0.2, 0.25) is 0 Å². The summed E-state index contributed by atoms with van der Waals surface area (Å²) in [5.74, 6) is -0.0291. The number of rotatable bonds is 2. The van der Waals surface area contributed by atoms with E-state index in [1.54, 1.807) is 6.20 Å². The lowest BCUT2D eigenvalue weighted by molar-refractivity contribution is 0.471. The number of aromatic nitrogens is 2. The van der Waals surface area contributed by atoms with Crippen LogP contribution in [0.1, 0.15) is 4.88 Å². The van der Waals surface area contributed by atoms with Crippen molar-refractivity contribution in [2.24, 2.45) is 0 Å². The molecule has 2 rings (SSSR count). The highest BCUT2D eigenvalue weighted by Gasteiger charge is 2.02. The maximum atomic E-state index is 11.4. The fourth-order valence-electron chi connectivity index (χ4n) is 1.15. The van der Waals surface area contributed by atoms with E-state index in [9.17, 15) is 4.79 Å². The number of hydrogen-bond donors (Lipinski definition) is 1. The smallest absolute Gasteiger partial charge is 0.254 e. The van der Waals surface area contributed by atoms with Crippen LogP contribution in [0.25, 0.3) is 0 Å². The predicted octanol–water partition coefficient (Wildman–Crippen LogP) is 1.71. The first-order valence-electron chi connectivity index (χ1n) is 4.15. The molecular formula is C9H7ClN2O2S. The van der Waals surface area contributed by atoms with Crippen LogP contribution in [0, 0.1) is 0 Å². The SMILES string of the molecule is O=c1cc(O)ccn1Cc1cnc(Cl)s1. The number of aromatic hydroxyl groups is 1. The van der Waals surface area contributed by atoms with E-state index in [1.165, 1.54) is 34.2 Å². The van der Waals surface area contributed by atoms with E-state index in [1.807, 2.05) is 0 Å². The van der Waals surface area contributed by atoms with E-state index in [-0.39, 0.29) is 11.3 Å². The van der Waals surface area contributed by atoms with E-state index in [0.717, 1.165) is 4.88 Å². The number of halogens is 1. The lowest BCUT2D eigenvalue weighted by atomic mass is 10.4. The number of nitrogens with zero attached hydrogens (tertiary/aromatic N) is 2. The third-order valence-corrected chi connectivity index (χ3v) is 2.93. The molecule has 0 fully saturated rings. The van der Waals surface area contributed by atoms with Crippen LogP contribution < -0.4 is 5.56 Å². The van der Waals surface area contributed by atoms with Crippen molar-refractivity contribution in [3.05, 3.63) is 44.2 Å². The van der Waals surface area contributed by atoms with E-state index in [0.29, 0.717) is 11.0 Å². The van der Waals surface area contributed by atoms with Gasteiger partial charge >= 0.3 is 0 Å². The molecule has 0 aliphatic rings. The largest absolute Gasteiger partial charge is 0.508 e. The Kier molecular flexibility index (Phi) is 2.75. The van der Waals surface area contributed by atoms with Gasteiger partial charge in [0.25, 0.3) is 5.56 Å². The molecule has 0 saturated carbocycles. The quantitative estimate of drug-likeness (QED) is 0.872. The van der Waals surface area contributed by atoms with Gasteiger partial charge in [-0.25, -0.2) is 4.98 Å². The second kappa shape index (κ2) is 4.04. The maximum Gasteiger partial charge on any atom is 0.254 e. The summed E-state index contributed by atoms with van der Waals surface area (Å²) in [5, 5.41) is 9.06. The summed E-state index contributed by atoms with van der Waals surface area (Å²) in [6, 6.07) is 2.63. The molecule has 0 radical (unpaired) electrons. The molecule has 0 aromatic carbocycles. The lowest BCUT2D eigenvalue weighted by Gasteiger charge is -2.02. The Labute approximate surface area is 94.4 Å². The minimum atomic E-state index is -0.250. The van der Waals surface area contributed by atoms with Crippen molar-refractivity contribution >= 4 is 22.9 Å². The first-order valence-corrected chi connectivity index (χ1v) is 5.34. The zero-order chi connectivity index (χ0) is 10.8. The van der Waals surface area contributed by atoms with Crippen molar-refractivity contribution in [3.63, 3.8) is 0 Å². The molecule has 0 aliphatic carbocycles. The summed E-state index contributed by atoms with van der Waals surface area (Å²) in [6.45, 7) is 0.420. The minimum absolute atomic E-state index is 0.0291. The summed E-state index contributed by atoms with van der Waals surface area (Å²) in [4.78, 5) is 16.2. The summed E-state index contributed by atoms with van der Waals surface area (Å²) in [5.41, 5.74) is -0.250. The molecule has 0 aliphatic heterocycles. The molecule has 78 valence electrons. The van der Waals surface area contributed by atoms with Crippen LogP contribution in [0.3, 0.4) is 0 Å². The Hall–Kier alpha value is -1.33. The fraction of sp³-hybridized carbons (Fsp3) is 0.111. The van der Waals surface area contributed by atoms with Gasteiger partial charge in [-0.2, -0.15) is 0 Å². The minimum Gasteiger partial charge on any atom is -0.508 e. The summed E-state index contributed by atoms with van der Waals surface area (Å²) in [7, 11) is 0. The standard InChI is InChI=1S/C9H7ClN2O2S/c10-9-11-4-7(15-9)5-12-2-1-6(13)3-8(12)14/h1-4,13H,5H2. The van der Waals surface area contributed by atoms with Crippen molar-refractivity contribution < 1.29 is 5.11 Å². The highest BCUT2D eigenvalue weighted by molar-refractivity contribution is 7.15. The van der Waals surface area contributed by atoms with E-state index >= 15 is 0 Å². The Morgan fingerprint density at radius 2 is 2.40 bits per heavy atom. The third kappa shape index (κ3) is 2.37. The Bertz CT molecular complexity index is 535. The van der Waals surface area contributed by atoms with Crippen LogP contribution in [0.2, 0.25) is 4.47 Å². The average molecular weight is 243 g/mol. The molecule has 0 atom stereocenters. The molecule has 6 heteroatoms. The summed E-state index contributed by atoms with van der Waals surface area (Å²) < 4.78 is 1.93. The molecular weight excluding hydrogens is 236 g/mol. The number of thiazole rings is 1. The lowest BCUT2D eigenvalue weighted by Crippen LogP contribution is -2.17. The van der Waals surface area contributed by atoms with Crippen LogP contribution in [0.5, 0.6) is 5.75 Å². The first kappa shape index (κ1) is 10.2. The van der Waals surface area contributed by atoms with Crippen molar-refractivity contribution in [2.75, 3.05) is 0 Å². The highest BCUT2D eigenvalue weighted by atomic mass is 35.5. The molecule has 1 N–H and O–H groups in total. The third-order valence-electron chi connectivity index (χ3n) is 1.83. The highest BCUT2D eigenvalue weighted by Crippen LogP contribution is 2.18. The van der Waals surface area contributed by atoms with Gasteiger partial charge in [-0.05, 0) is 6.07 Å². The second-order valence-electron chi connectivity index (χ2n) is 2.93. The molecule has 2 aromatic rings. The van der Waals surface area contributed by atoms with Gasteiger partial charge in [-0.15, -0.1) is 11.3 Å². The Balaban J connectivity index is 2.28. The van der Waals surface area contributed by atoms with Gasteiger partial charge in [0.15, 0.2) is 4.47 Å². The fourth-order valence-corrected chi connectivity index (χ4v) is 2.13. The van der Waals surface area contributed by atoms with Gasteiger partial charge in [-0.3, -0.25) is 4.79 Å². The van der Waals surface area contributed by atoms with Crippen molar-refractivity contribution in [1.82, 2.24) is 9.55 Å². The summed E-state index contributed by atoms with van der Waals surface area (Å²) in [6.07, 6.45) is 3.16. The van der Waals surface area contributed by atoms with Crippen LogP contribution in [-0.2, 0) is 6.54 Å². The van der Waals surface area contributed by atoms with Crippen LogP contribution in [0.15, 0.2) is 29.3 Å². The van der Waals surface area contributed by atoms with Gasteiger partial charge in [-0.1, -0.05) is 11.6 Å². The van der Waals surface area contributed by atoms with E-state index < -0.39 is 0 Å². The molecule has 2 heterocycles. The average Bonchev–Trinajstić information content (AvgIpc) is 2.56. The molecule has 2 aromatic heterocycles. The molecule has 0 spiro atoms. The number of hydrogen-bond acceptors (Lipinski definition) is 4. The van der Waals surface area contributed by atoms with Crippen LogP contribution in [0.4, 0.5) is 0 Å². The van der Waals surface area contributed by atoms with E-state index in [4.69, 9.17) is 16.7 Å². The molecule has 0 amide bonds. The monoisotopic (exact) mass is 242 g/mol. The zero-order valence-electron chi connectivity index (χ0n) is 7.55. The summed E-state index contributed by atoms with van der Waals surface area (Å²) >= 11 is 7.00. The van der Waals surface area contributed by atoms with Crippen LogP contribution in [-0.4, -0.2) is 14.7 Å². The van der Waals surface area contributed by atoms with Crippen molar-refractivity contribution in [1.29, 1.82) is 0 Å². The Morgan fingerprint density at radius 1 is 1.60 bits per heavy atom. The number of pyridine rings is 1. The van der Waals surface area contributed by atoms with Crippen molar-refractivity contribution in [3.8, 4) is 5.75 Å². The maximum absolute atomic E-state index is 11.4. The van der Waals surface area contributed by atoms with Gasteiger partial charge in [0, 0.05) is 23.3 Å². The first-order chi connectivity index (χ1) is 7.15. The van der Waals surface area contributed by atoms with Gasteiger partial charge in [0.1, 0.15) is 5.75 Å². The zero-order valence-corrected chi connectivity index (χ0v) is 9.13. The van der Waals surface area contributed by atoms with E-state index in [2.05, 4.69) is 4.98 Å². The molecule has 0 bridgehead atoms. The Morgan fingerprint density at radius 3 is 3.00 bits per heavy atom. The molecule has 0 saturated heterocycles.